The minimum absolute atomic E-state index is 0.0307. The molecular weight excluding hydrogens is 294 g/mol. The fraction of sp³-hybridized carbons (Fsp3) is 0.214. The summed E-state index contributed by atoms with van der Waals surface area (Å²) in [6.45, 7) is 1.89. The number of esters is 1. The molecule has 0 unspecified atom stereocenters. The molecule has 0 saturated carbocycles. The van der Waals surface area contributed by atoms with Gasteiger partial charge in [-0.3, -0.25) is 4.79 Å². The van der Waals surface area contributed by atoms with E-state index in [-0.39, 0.29) is 12.2 Å². The Morgan fingerprint density at radius 2 is 2.19 bits per heavy atom. The van der Waals surface area contributed by atoms with Crippen molar-refractivity contribution in [3.8, 4) is 0 Å². The van der Waals surface area contributed by atoms with Crippen LogP contribution in [0.2, 0.25) is 5.15 Å². The van der Waals surface area contributed by atoms with E-state index < -0.39 is 11.5 Å². The number of nitrogens with one attached hydrogen (secondary N) is 1. The van der Waals surface area contributed by atoms with Gasteiger partial charge in [-0.25, -0.2) is 9.78 Å². The monoisotopic (exact) mass is 305 g/mol. The van der Waals surface area contributed by atoms with Gasteiger partial charge in [-0.1, -0.05) is 11.6 Å². The number of aromatic amines is 1. The minimum atomic E-state index is -0.646. The van der Waals surface area contributed by atoms with E-state index in [0.29, 0.717) is 21.7 Å². The van der Waals surface area contributed by atoms with Crippen LogP contribution in [0.15, 0.2) is 23.1 Å². The maximum Gasteiger partial charge on any atom is 0.343 e. The van der Waals surface area contributed by atoms with Gasteiger partial charge in [-0.15, -0.1) is 0 Å². The van der Waals surface area contributed by atoms with Gasteiger partial charge in [0.15, 0.2) is 0 Å². The molecule has 0 radical (unpaired) electrons. The number of halogens is 1. The summed E-state index contributed by atoms with van der Waals surface area (Å²) in [4.78, 5) is 30.7. The number of rotatable bonds is 2. The Morgan fingerprint density at radius 1 is 1.43 bits per heavy atom. The first-order chi connectivity index (χ1) is 10.0. The van der Waals surface area contributed by atoms with Crippen LogP contribution >= 0.6 is 11.6 Å². The summed E-state index contributed by atoms with van der Waals surface area (Å²) in [6.07, 6.45) is 1.55. The second kappa shape index (κ2) is 4.89. The highest BCUT2D eigenvalue weighted by Crippen LogP contribution is 2.27. The number of carbonyl (C=O) groups is 1. The summed E-state index contributed by atoms with van der Waals surface area (Å²) in [5.74, 6) is -0.646. The number of aromatic nitrogens is 3. The van der Waals surface area contributed by atoms with E-state index in [0.717, 1.165) is 5.39 Å². The quantitative estimate of drug-likeness (QED) is 0.737. The van der Waals surface area contributed by atoms with Crippen molar-refractivity contribution in [1.82, 2.24) is 14.5 Å². The highest BCUT2D eigenvalue weighted by atomic mass is 35.5. The lowest BCUT2D eigenvalue weighted by molar-refractivity contribution is 0.0524. The number of hydrogen-bond donors (Lipinski definition) is 1. The van der Waals surface area contributed by atoms with Gasteiger partial charge in [-0.2, -0.15) is 0 Å². The first-order valence-electron chi connectivity index (χ1n) is 6.37. The number of fused-ring (bicyclic) bond motifs is 3. The van der Waals surface area contributed by atoms with E-state index in [9.17, 15) is 9.59 Å². The zero-order valence-electron chi connectivity index (χ0n) is 11.4. The number of carbonyl (C=O) groups excluding carboxylic acids is 1. The number of hydrogen-bond acceptors (Lipinski definition) is 4. The molecule has 0 aliphatic heterocycles. The molecule has 7 heteroatoms. The summed E-state index contributed by atoms with van der Waals surface area (Å²) in [7, 11) is 1.79. The number of ether oxygens (including phenoxy) is 1. The first-order valence-corrected chi connectivity index (χ1v) is 6.74. The molecule has 3 rings (SSSR count). The highest BCUT2D eigenvalue weighted by molar-refractivity contribution is 6.31. The van der Waals surface area contributed by atoms with Gasteiger partial charge >= 0.3 is 5.97 Å². The second-order valence-electron chi connectivity index (χ2n) is 4.58. The van der Waals surface area contributed by atoms with Crippen molar-refractivity contribution in [2.75, 3.05) is 6.61 Å². The van der Waals surface area contributed by atoms with E-state index in [1.807, 2.05) is 0 Å². The van der Waals surface area contributed by atoms with Gasteiger partial charge in [0, 0.05) is 17.8 Å². The van der Waals surface area contributed by atoms with Crippen molar-refractivity contribution < 1.29 is 9.53 Å². The van der Waals surface area contributed by atoms with Gasteiger partial charge in [0.25, 0.3) is 5.56 Å². The Hall–Kier alpha value is -2.34. The molecule has 0 aromatic carbocycles. The summed E-state index contributed by atoms with van der Waals surface area (Å²) in [6, 6.07) is 3.27. The highest BCUT2D eigenvalue weighted by Gasteiger charge is 2.16. The average molecular weight is 306 g/mol. The third-order valence-corrected chi connectivity index (χ3v) is 3.68. The molecule has 0 bridgehead atoms. The van der Waals surface area contributed by atoms with Gasteiger partial charge in [0.2, 0.25) is 0 Å². The van der Waals surface area contributed by atoms with Gasteiger partial charge in [0.1, 0.15) is 16.4 Å². The number of nitrogens with zero attached hydrogens (tertiary/aromatic N) is 2. The predicted octanol–water partition coefficient (Wildman–Crippen LogP) is 2.24. The Balaban J connectivity index is 2.36. The maximum atomic E-state index is 11.9. The molecule has 3 aromatic heterocycles. The van der Waals surface area contributed by atoms with Gasteiger partial charge < -0.3 is 14.3 Å². The molecule has 0 aliphatic carbocycles. The fourth-order valence-corrected chi connectivity index (χ4v) is 2.46. The van der Waals surface area contributed by atoms with E-state index in [1.54, 1.807) is 30.8 Å². The minimum Gasteiger partial charge on any atom is -0.462 e. The molecule has 0 aliphatic rings. The normalized spacial score (nSPS) is 11.2. The number of H-pyrrole nitrogens is 1. The van der Waals surface area contributed by atoms with Crippen LogP contribution in [0.25, 0.3) is 21.9 Å². The molecule has 1 N–H and O–H groups in total. The van der Waals surface area contributed by atoms with E-state index >= 15 is 0 Å². The topological polar surface area (TPSA) is 77.0 Å². The van der Waals surface area contributed by atoms with Crippen molar-refractivity contribution in [3.63, 3.8) is 0 Å². The van der Waals surface area contributed by atoms with Crippen LogP contribution in [-0.4, -0.2) is 27.1 Å². The number of pyridine rings is 2. The zero-order chi connectivity index (χ0) is 15.1. The molecule has 6 nitrogen and oxygen atoms in total. The van der Waals surface area contributed by atoms with Crippen LogP contribution < -0.4 is 5.56 Å². The molecular formula is C14H12ClN3O3. The Labute approximate surface area is 124 Å². The predicted molar refractivity (Wildman–Crippen MR) is 79.8 cm³/mol. The molecule has 108 valence electrons. The molecule has 0 amide bonds. The molecule has 3 aromatic rings. The van der Waals surface area contributed by atoms with Crippen LogP contribution in [0.4, 0.5) is 0 Å². The molecule has 0 fully saturated rings. The number of aryl methyl sites for hydroxylation is 1. The third kappa shape index (κ3) is 2.08. The Bertz CT molecular complexity index is 926. The van der Waals surface area contributed by atoms with E-state index in [4.69, 9.17) is 16.3 Å². The van der Waals surface area contributed by atoms with Crippen LogP contribution in [0.1, 0.15) is 17.3 Å². The Kier molecular flexibility index (Phi) is 3.17. The summed E-state index contributed by atoms with van der Waals surface area (Å²) >= 11 is 6.10. The van der Waals surface area contributed by atoms with Crippen LogP contribution in [0, 0.1) is 0 Å². The second-order valence-corrected chi connectivity index (χ2v) is 4.97. The summed E-state index contributed by atoms with van der Waals surface area (Å²) < 4.78 is 6.62. The molecule has 0 atom stereocenters. The summed E-state index contributed by atoms with van der Waals surface area (Å²) in [5.41, 5.74) is 0.693. The van der Waals surface area contributed by atoms with Crippen LogP contribution in [0.5, 0.6) is 0 Å². The Morgan fingerprint density at radius 3 is 2.90 bits per heavy atom. The van der Waals surface area contributed by atoms with Crippen molar-refractivity contribution in [1.29, 1.82) is 0 Å². The molecule has 21 heavy (non-hydrogen) atoms. The van der Waals surface area contributed by atoms with Crippen molar-refractivity contribution >= 4 is 39.5 Å². The molecule has 0 spiro atoms. The van der Waals surface area contributed by atoms with Crippen molar-refractivity contribution in [3.05, 3.63) is 39.4 Å². The lowest BCUT2D eigenvalue weighted by Crippen LogP contribution is -2.19. The van der Waals surface area contributed by atoms with Crippen LogP contribution in [-0.2, 0) is 11.8 Å². The SMILES string of the molecule is CCOC(=O)c1cc2c(cnc3c2cc(Cl)n3C)[nH]c1=O. The third-order valence-electron chi connectivity index (χ3n) is 3.32. The van der Waals surface area contributed by atoms with Gasteiger partial charge in [-0.05, 0) is 19.1 Å². The standard InChI is InChI=1S/C14H12ClN3O3/c1-3-21-14(20)9-4-7-8-5-11(15)18(2)12(8)16-6-10(7)17-13(9)19/h4-6H,3H2,1-2H3,(H,17,19). The van der Waals surface area contributed by atoms with Crippen molar-refractivity contribution in [2.45, 2.75) is 6.92 Å². The van der Waals surface area contributed by atoms with Gasteiger partial charge in [0.05, 0.1) is 18.3 Å². The summed E-state index contributed by atoms with van der Waals surface area (Å²) in [5, 5.41) is 1.99. The van der Waals surface area contributed by atoms with E-state index in [1.165, 1.54) is 6.07 Å². The van der Waals surface area contributed by atoms with Crippen LogP contribution in [0.3, 0.4) is 0 Å². The maximum absolute atomic E-state index is 11.9. The van der Waals surface area contributed by atoms with Crippen molar-refractivity contribution in [2.24, 2.45) is 7.05 Å². The average Bonchev–Trinajstić information content (AvgIpc) is 2.74. The molecule has 0 saturated heterocycles. The van der Waals surface area contributed by atoms with E-state index in [2.05, 4.69) is 9.97 Å². The first kappa shape index (κ1) is 13.6. The zero-order valence-corrected chi connectivity index (χ0v) is 12.2. The molecule has 3 heterocycles. The lowest BCUT2D eigenvalue weighted by Gasteiger charge is -2.04. The fourth-order valence-electron chi connectivity index (χ4n) is 2.27. The smallest absolute Gasteiger partial charge is 0.343 e. The lowest BCUT2D eigenvalue weighted by atomic mass is 10.1. The largest absolute Gasteiger partial charge is 0.462 e.